The molecule has 0 heterocycles. The molecule has 0 bridgehead atoms. The second-order valence-electron chi connectivity index (χ2n) is 3.77. The lowest BCUT2D eigenvalue weighted by molar-refractivity contribution is -0.385. The van der Waals surface area contributed by atoms with Crippen LogP contribution in [-0.2, 0) is 0 Å². The largest absolute Gasteiger partial charge is 0.488 e. The molecule has 0 saturated carbocycles. The van der Waals surface area contributed by atoms with Gasteiger partial charge in [0.05, 0.1) is 13.9 Å². The van der Waals surface area contributed by atoms with Crippen molar-refractivity contribution in [1.82, 2.24) is 5.32 Å². The van der Waals surface area contributed by atoms with Crippen molar-refractivity contribution in [3.8, 4) is 5.75 Å². The summed E-state index contributed by atoms with van der Waals surface area (Å²) in [6.45, 7) is 3.24. The van der Waals surface area contributed by atoms with Gasteiger partial charge in [0.2, 0.25) is 0 Å². The summed E-state index contributed by atoms with van der Waals surface area (Å²) in [7, 11) is 0. The monoisotopic (exact) mass is 396 g/mol. The first-order valence-corrected chi connectivity index (χ1v) is 7.19. The van der Waals surface area contributed by atoms with Crippen molar-refractivity contribution < 1.29 is 14.8 Å². The number of likely N-dealkylation sites (N-methyl/N-ethyl adjacent to an activating group) is 1. The first-order chi connectivity index (χ1) is 8.95. The number of hydrogen-bond donors (Lipinski definition) is 2. The van der Waals surface area contributed by atoms with E-state index in [1.807, 2.05) is 6.92 Å². The van der Waals surface area contributed by atoms with Crippen LogP contribution in [0.3, 0.4) is 0 Å². The average molecular weight is 398 g/mol. The molecule has 2 N–H and O–H groups in total. The van der Waals surface area contributed by atoms with Crippen LogP contribution in [0.2, 0.25) is 0 Å². The van der Waals surface area contributed by atoms with Crippen molar-refractivity contribution in [2.45, 2.75) is 13.0 Å². The van der Waals surface area contributed by atoms with Crippen molar-refractivity contribution in [1.29, 1.82) is 0 Å². The molecule has 1 atom stereocenters. The summed E-state index contributed by atoms with van der Waals surface area (Å²) in [5.74, 6) is 0.432. The minimum absolute atomic E-state index is 0.0423. The second kappa shape index (κ2) is 7.78. The first-order valence-electron chi connectivity index (χ1n) is 5.60. The Kier molecular flexibility index (Phi) is 6.70. The molecular weight excluding hydrogens is 384 g/mol. The number of halogens is 2. The van der Waals surface area contributed by atoms with Crippen LogP contribution < -0.4 is 10.1 Å². The quantitative estimate of drug-likeness (QED) is 0.545. The first kappa shape index (κ1) is 16.4. The van der Waals surface area contributed by atoms with Crippen molar-refractivity contribution >= 4 is 37.5 Å². The lowest BCUT2D eigenvalue weighted by Gasteiger charge is -2.14. The Balaban J connectivity index is 2.71. The highest BCUT2D eigenvalue weighted by Crippen LogP contribution is 2.37. The molecule has 6 nitrogen and oxygen atoms in total. The van der Waals surface area contributed by atoms with Crippen LogP contribution in [0.15, 0.2) is 21.1 Å². The van der Waals surface area contributed by atoms with Crippen LogP contribution in [0.5, 0.6) is 5.75 Å². The van der Waals surface area contributed by atoms with Gasteiger partial charge in [-0.15, -0.1) is 0 Å². The van der Waals surface area contributed by atoms with E-state index in [4.69, 9.17) is 4.74 Å². The standard InChI is InChI=1S/C11H14Br2N2O4/c1-2-14-5-8(16)6-19-11-9(12)3-7(15(17)18)4-10(11)13/h3-4,8,14,16H,2,5-6H2,1H3. The Labute approximate surface area is 127 Å². The van der Waals surface area contributed by atoms with Crippen molar-refractivity contribution in [3.05, 3.63) is 31.2 Å². The van der Waals surface area contributed by atoms with Crippen molar-refractivity contribution in [2.75, 3.05) is 19.7 Å². The minimum atomic E-state index is -0.644. The summed E-state index contributed by atoms with van der Waals surface area (Å²) in [5, 5.41) is 23.3. The van der Waals surface area contributed by atoms with Crippen LogP contribution in [0.4, 0.5) is 5.69 Å². The predicted octanol–water partition coefficient (Wildman–Crippen LogP) is 2.47. The molecule has 0 aliphatic carbocycles. The third-order valence-electron chi connectivity index (χ3n) is 2.24. The van der Waals surface area contributed by atoms with E-state index in [2.05, 4.69) is 37.2 Å². The number of nitro groups is 1. The van der Waals surface area contributed by atoms with Gasteiger partial charge in [-0.1, -0.05) is 6.92 Å². The molecule has 1 aromatic rings. The highest BCUT2D eigenvalue weighted by atomic mass is 79.9. The highest BCUT2D eigenvalue weighted by Gasteiger charge is 2.16. The molecule has 0 radical (unpaired) electrons. The number of ether oxygens (including phenoxy) is 1. The number of non-ortho nitro benzene ring substituents is 1. The molecule has 0 aromatic heterocycles. The molecule has 0 aliphatic rings. The van der Waals surface area contributed by atoms with E-state index in [0.29, 0.717) is 21.2 Å². The van der Waals surface area contributed by atoms with Gasteiger partial charge in [-0.05, 0) is 38.4 Å². The van der Waals surface area contributed by atoms with Gasteiger partial charge in [-0.3, -0.25) is 10.1 Å². The van der Waals surface area contributed by atoms with E-state index >= 15 is 0 Å². The molecule has 1 aromatic carbocycles. The number of nitrogens with one attached hydrogen (secondary N) is 1. The number of benzene rings is 1. The molecule has 8 heteroatoms. The molecule has 0 saturated heterocycles. The lowest BCUT2D eigenvalue weighted by atomic mass is 10.3. The molecule has 1 unspecified atom stereocenters. The average Bonchev–Trinajstić information content (AvgIpc) is 2.34. The Hall–Kier alpha value is -0.700. The smallest absolute Gasteiger partial charge is 0.271 e. The van der Waals surface area contributed by atoms with Gasteiger partial charge in [0.25, 0.3) is 5.69 Å². The maximum absolute atomic E-state index is 10.7. The zero-order valence-electron chi connectivity index (χ0n) is 10.2. The Morgan fingerprint density at radius 3 is 2.53 bits per heavy atom. The molecule has 19 heavy (non-hydrogen) atoms. The molecule has 0 aliphatic heterocycles. The topological polar surface area (TPSA) is 84.6 Å². The molecular formula is C11H14Br2N2O4. The number of nitrogens with zero attached hydrogens (tertiary/aromatic N) is 1. The van der Waals surface area contributed by atoms with Crippen molar-refractivity contribution in [3.63, 3.8) is 0 Å². The molecule has 106 valence electrons. The summed E-state index contributed by atoms with van der Waals surface area (Å²) in [5.41, 5.74) is -0.0423. The van der Waals surface area contributed by atoms with Crippen LogP contribution >= 0.6 is 31.9 Å². The SMILES string of the molecule is CCNCC(O)COc1c(Br)cc([N+](=O)[O-])cc1Br. The maximum atomic E-state index is 10.7. The third-order valence-corrected chi connectivity index (χ3v) is 3.42. The van der Waals surface area contributed by atoms with E-state index in [9.17, 15) is 15.2 Å². The zero-order chi connectivity index (χ0) is 14.4. The fourth-order valence-electron chi connectivity index (χ4n) is 1.34. The van der Waals surface area contributed by atoms with Gasteiger partial charge in [0, 0.05) is 18.7 Å². The van der Waals surface area contributed by atoms with E-state index < -0.39 is 11.0 Å². The number of rotatable bonds is 7. The van der Waals surface area contributed by atoms with Gasteiger partial charge in [-0.25, -0.2) is 0 Å². The Morgan fingerprint density at radius 2 is 2.05 bits per heavy atom. The van der Waals surface area contributed by atoms with Gasteiger partial charge in [-0.2, -0.15) is 0 Å². The van der Waals surface area contributed by atoms with Crippen LogP contribution in [-0.4, -0.2) is 35.8 Å². The number of hydrogen-bond acceptors (Lipinski definition) is 5. The predicted molar refractivity (Wildman–Crippen MR) is 78.5 cm³/mol. The van der Waals surface area contributed by atoms with E-state index in [-0.39, 0.29) is 12.3 Å². The van der Waals surface area contributed by atoms with Crippen molar-refractivity contribution in [2.24, 2.45) is 0 Å². The van der Waals surface area contributed by atoms with Gasteiger partial charge in [0.1, 0.15) is 18.5 Å². The van der Waals surface area contributed by atoms with E-state index in [1.54, 1.807) is 0 Å². The zero-order valence-corrected chi connectivity index (χ0v) is 13.4. The summed E-state index contributed by atoms with van der Waals surface area (Å²) in [6.07, 6.45) is -0.644. The fraction of sp³-hybridized carbons (Fsp3) is 0.455. The summed E-state index contributed by atoms with van der Waals surface area (Å²) < 4.78 is 6.38. The number of aliphatic hydroxyl groups is 1. The highest BCUT2D eigenvalue weighted by molar-refractivity contribution is 9.11. The minimum Gasteiger partial charge on any atom is -0.488 e. The van der Waals surface area contributed by atoms with Crippen LogP contribution in [0.1, 0.15) is 6.92 Å². The number of aliphatic hydroxyl groups excluding tert-OH is 1. The second-order valence-corrected chi connectivity index (χ2v) is 5.48. The van der Waals surface area contributed by atoms with Crippen LogP contribution in [0, 0.1) is 10.1 Å². The summed E-state index contributed by atoms with van der Waals surface area (Å²) in [6, 6.07) is 2.72. The third kappa shape index (κ3) is 5.06. The van der Waals surface area contributed by atoms with E-state index in [1.165, 1.54) is 12.1 Å². The molecule has 1 rings (SSSR count). The summed E-state index contributed by atoms with van der Waals surface area (Å²) >= 11 is 6.42. The Bertz CT molecular complexity index is 433. The normalized spacial score (nSPS) is 12.2. The fourth-order valence-corrected chi connectivity index (χ4v) is 2.73. The lowest BCUT2D eigenvalue weighted by Crippen LogP contribution is -2.31. The molecule has 0 fully saturated rings. The maximum Gasteiger partial charge on any atom is 0.271 e. The van der Waals surface area contributed by atoms with Gasteiger partial charge >= 0.3 is 0 Å². The van der Waals surface area contributed by atoms with Gasteiger partial charge in [0.15, 0.2) is 0 Å². The molecule has 0 amide bonds. The molecule has 0 spiro atoms. The van der Waals surface area contributed by atoms with Gasteiger partial charge < -0.3 is 15.2 Å². The van der Waals surface area contributed by atoms with E-state index in [0.717, 1.165) is 6.54 Å². The summed E-state index contributed by atoms with van der Waals surface area (Å²) in [4.78, 5) is 10.2. The Morgan fingerprint density at radius 1 is 1.47 bits per heavy atom. The van der Waals surface area contributed by atoms with Crippen LogP contribution in [0.25, 0.3) is 0 Å². The number of nitro benzene ring substituents is 1.